The van der Waals surface area contributed by atoms with E-state index in [9.17, 15) is 19.4 Å². The molecule has 0 aliphatic heterocycles. The number of hydrogen-bond acceptors (Lipinski definition) is 5. The third-order valence-corrected chi connectivity index (χ3v) is 7.03. The minimum Gasteiger partial charge on any atom is -0.394 e. The molecule has 9 heteroatoms. The van der Waals surface area contributed by atoms with Crippen molar-refractivity contribution in [1.82, 2.24) is 5.32 Å². The zero-order chi connectivity index (χ0) is 26.4. The number of aliphatic hydroxyl groups excluding tert-OH is 1. The molecular formula is C26H56N2O6P+. The van der Waals surface area contributed by atoms with Gasteiger partial charge in [0.1, 0.15) is 13.2 Å². The Morgan fingerprint density at radius 3 is 1.71 bits per heavy atom. The normalized spacial score (nSPS) is 14.6. The lowest BCUT2D eigenvalue weighted by atomic mass is 10.0. The van der Waals surface area contributed by atoms with Crippen LogP contribution in [0.25, 0.3) is 0 Å². The summed E-state index contributed by atoms with van der Waals surface area (Å²) in [4.78, 5) is 21.9. The highest BCUT2D eigenvalue weighted by molar-refractivity contribution is 7.47. The molecule has 0 saturated heterocycles. The van der Waals surface area contributed by atoms with Crippen LogP contribution in [0.2, 0.25) is 0 Å². The topological polar surface area (TPSA) is 105 Å². The van der Waals surface area contributed by atoms with Crippen molar-refractivity contribution >= 4 is 13.7 Å². The number of quaternary nitrogens is 1. The van der Waals surface area contributed by atoms with E-state index in [2.05, 4.69) is 12.2 Å². The maximum Gasteiger partial charge on any atom is 0.472 e. The highest BCUT2D eigenvalue weighted by Crippen LogP contribution is 2.43. The Morgan fingerprint density at radius 2 is 1.29 bits per heavy atom. The number of unbranched alkanes of at least 4 members (excludes halogenated alkanes) is 14. The van der Waals surface area contributed by atoms with Gasteiger partial charge in [0.2, 0.25) is 5.91 Å². The lowest BCUT2D eigenvalue weighted by Gasteiger charge is -2.24. The first-order valence-corrected chi connectivity index (χ1v) is 15.4. The van der Waals surface area contributed by atoms with Gasteiger partial charge < -0.3 is 19.8 Å². The summed E-state index contributed by atoms with van der Waals surface area (Å²) in [7, 11) is 1.63. The summed E-state index contributed by atoms with van der Waals surface area (Å²) in [6.07, 6.45) is 19.5. The molecule has 0 aromatic carbocycles. The van der Waals surface area contributed by atoms with Crippen molar-refractivity contribution in [1.29, 1.82) is 0 Å². The molecule has 0 saturated carbocycles. The van der Waals surface area contributed by atoms with Crippen molar-refractivity contribution in [2.24, 2.45) is 0 Å². The van der Waals surface area contributed by atoms with Gasteiger partial charge in [0.25, 0.3) is 0 Å². The summed E-state index contributed by atoms with van der Waals surface area (Å²) < 4.78 is 22.4. The van der Waals surface area contributed by atoms with Crippen molar-refractivity contribution in [2.75, 3.05) is 47.5 Å². The largest absolute Gasteiger partial charge is 0.472 e. The molecule has 35 heavy (non-hydrogen) atoms. The Labute approximate surface area is 215 Å². The van der Waals surface area contributed by atoms with E-state index in [0.29, 0.717) is 17.4 Å². The van der Waals surface area contributed by atoms with Crippen molar-refractivity contribution in [2.45, 2.75) is 116 Å². The van der Waals surface area contributed by atoms with Crippen LogP contribution in [0.15, 0.2) is 0 Å². The highest BCUT2D eigenvalue weighted by atomic mass is 31.2. The van der Waals surface area contributed by atoms with E-state index in [-0.39, 0.29) is 25.7 Å². The number of amides is 1. The van der Waals surface area contributed by atoms with Crippen LogP contribution >= 0.6 is 7.82 Å². The Kier molecular flexibility index (Phi) is 21.3. The summed E-state index contributed by atoms with van der Waals surface area (Å²) in [6.45, 7) is 2.23. The van der Waals surface area contributed by atoms with E-state index in [4.69, 9.17) is 9.05 Å². The lowest BCUT2D eigenvalue weighted by molar-refractivity contribution is -0.870. The molecule has 1 amide bonds. The van der Waals surface area contributed by atoms with Crippen LogP contribution in [0.4, 0.5) is 0 Å². The number of phosphoric ester groups is 1. The minimum absolute atomic E-state index is 0.0760. The van der Waals surface area contributed by atoms with Gasteiger partial charge in [-0.25, -0.2) is 4.57 Å². The number of nitrogens with zero attached hydrogens (tertiary/aromatic N) is 1. The first-order chi connectivity index (χ1) is 16.6. The van der Waals surface area contributed by atoms with Crippen LogP contribution in [-0.4, -0.2) is 73.9 Å². The van der Waals surface area contributed by atoms with E-state index >= 15 is 0 Å². The number of rotatable bonds is 25. The van der Waals surface area contributed by atoms with Crippen molar-refractivity contribution in [3.05, 3.63) is 0 Å². The summed E-state index contributed by atoms with van der Waals surface area (Å²) in [5, 5.41) is 12.1. The molecule has 0 fully saturated rings. The van der Waals surface area contributed by atoms with Gasteiger partial charge in [0.15, 0.2) is 0 Å². The van der Waals surface area contributed by atoms with Crippen LogP contribution in [-0.2, 0) is 18.4 Å². The predicted molar refractivity (Wildman–Crippen MR) is 143 cm³/mol. The smallest absolute Gasteiger partial charge is 0.394 e. The quantitative estimate of drug-likeness (QED) is 0.0821. The van der Waals surface area contributed by atoms with Crippen molar-refractivity contribution in [3.8, 4) is 0 Å². The van der Waals surface area contributed by atoms with Crippen LogP contribution in [0.1, 0.15) is 110 Å². The molecule has 8 nitrogen and oxygen atoms in total. The fraction of sp³-hybridized carbons (Fsp3) is 0.962. The Bertz CT molecular complexity index is 556. The number of nitrogens with one attached hydrogen (secondary N) is 1. The third-order valence-electron chi connectivity index (χ3n) is 6.05. The maximum atomic E-state index is 12.1. The van der Waals surface area contributed by atoms with Crippen LogP contribution < -0.4 is 5.32 Å². The molecule has 210 valence electrons. The Hall–Kier alpha value is -0.500. The van der Waals surface area contributed by atoms with E-state index in [1.165, 1.54) is 77.0 Å². The van der Waals surface area contributed by atoms with Gasteiger partial charge in [-0.1, -0.05) is 96.8 Å². The second-order valence-corrected chi connectivity index (χ2v) is 12.2. The summed E-state index contributed by atoms with van der Waals surface area (Å²) in [5.74, 6) is -0.180. The van der Waals surface area contributed by atoms with Crippen molar-refractivity contribution in [3.63, 3.8) is 0 Å². The fourth-order valence-electron chi connectivity index (χ4n) is 3.75. The van der Waals surface area contributed by atoms with E-state index in [1.807, 2.05) is 21.1 Å². The monoisotopic (exact) mass is 523 g/mol. The first-order valence-electron chi connectivity index (χ1n) is 13.9. The number of aliphatic hydroxyl groups is 1. The summed E-state index contributed by atoms with van der Waals surface area (Å²) >= 11 is 0. The van der Waals surface area contributed by atoms with E-state index in [0.717, 1.165) is 19.3 Å². The van der Waals surface area contributed by atoms with Crippen LogP contribution in [0.3, 0.4) is 0 Å². The molecule has 0 aromatic heterocycles. The molecule has 0 rings (SSSR count). The second kappa shape index (κ2) is 21.6. The number of phosphoric acid groups is 1. The molecule has 0 aliphatic carbocycles. The lowest BCUT2D eigenvalue weighted by Crippen LogP contribution is -2.40. The van der Waals surface area contributed by atoms with E-state index in [1.54, 1.807) is 0 Å². The van der Waals surface area contributed by atoms with Gasteiger partial charge in [-0.05, 0) is 6.42 Å². The number of hydrogen-bond donors (Lipinski definition) is 3. The molecule has 1 unspecified atom stereocenters. The Balaban J connectivity index is 3.68. The van der Waals surface area contributed by atoms with Crippen LogP contribution in [0.5, 0.6) is 0 Å². The average Bonchev–Trinajstić information content (AvgIpc) is 2.78. The highest BCUT2D eigenvalue weighted by Gasteiger charge is 2.25. The van der Waals surface area contributed by atoms with Gasteiger partial charge in [-0.2, -0.15) is 0 Å². The van der Waals surface area contributed by atoms with Crippen LogP contribution in [0, 0.1) is 0 Å². The molecule has 0 bridgehead atoms. The van der Waals surface area contributed by atoms with Gasteiger partial charge in [0, 0.05) is 6.42 Å². The number of carbonyl (C=O) groups is 1. The second-order valence-electron chi connectivity index (χ2n) is 10.8. The molecular weight excluding hydrogens is 467 g/mol. The number of carbonyl (C=O) groups excluding carboxylic acids is 1. The van der Waals surface area contributed by atoms with Crippen molar-refractivity contribution < 1.29 is 32.9 Å². The van der Waals surface area contributed by atoms with Gasteiger partial charge in [0.05, 0.1) is 40.4 Å². The SMILES string of the molecule is CCCCCCCCCCCCCCCCCC(=O)N[C@@H](CO)COP(=O)(O)OCC[N+](C)(C)C. The summed E-state index contributed by atoms with van der Waals surface area (Å²) in [5.41, 5.74) is 0. The maximum absolute atomic E-state index is 12.1. The zero-order valence-corrected chi connectivity index (χ0v) is 24.0. The molecule has 0 spiro atoms. The fourth-order valence-corrected chi connectivity index (χ4v) is 4.50. The molecule has 0 radical (unpaired) electrons. The zero-order valence-electron chi connectivity index (χ0n) is 23.1. The molecule has 0 aromatic rings. The Morgan fingerprint density at radius 1 is 0.829 bits per heavy atom. The minimum atomic E-state index is -4.22. The summed E-state index contributed by atoms with van der Waals surface area (Å²) in [6, 6.07) is -0.735. The number of likely N-dealkylation sites (N-methyl/N-ethyl adjacent to an activating group) is 1. The third kappa shape index (κ3) is 25.0. The van der Waals surface area contributed by atoms with E-state index < -0.39 is 13.9 Å². The standard InChI is InChI=1S/C26H55N2O6P/c1-5-6-7-8-9-10-11-12-13-14-15-16-17-18-19-20-26(30)27-25(23-29)24-34-35(31,32)33-22-21-28(2,3)4/h25,29H,5-24H2,1-4H3,(H-,27,30,31,32)/p+1/t25-/m0/s1. The average molecular weight is 524 g/mol. The molecule has 3 N–H and O–H groups in total. The molecule has 0 heterocycles. The first kappa shape index (κ1) is 34.5. The molecule has 2 atom stereocenters. The van der Waals surface area contributed by atoms with Gasteiger partial charge >= 0.3 is 7.82 Å². The van der Waals surface area contributed by atoms with Gasteiger partial charge in [-0.15, -0.1) is 0 Å². The predicted octanol–water partition coefficient (Wildman–Crippen LogP) is 5.56. The van der Waals surface area contributed by atoms with Gasteiger partial charge in [-0.3, -0.25) is 13.8 Å². The molecule has 0 aliphatic rings.